The smallest absolute Gasteiger partial charge is 0.251 e. The Morgan fingerprint density at radius 2 is 1.89 bits per heavy atom. The molecule has 7 nitrogen and oxygen atoms in total. The first-order valence-corrected chi connectivity index (χ1v) is 14.7. The maximum atomic E-state index is 14.6. The Hall–Kier alpha value is -2.29. The quantitative estimate of drug-likeness (QED) is 0.540. The van der Waals surface area contributed by atoms with Gasteiger partial charge in [0.25, 0.3) is 5.91 Å². The summed E-state index contributed by atoms with van der Waals surface area (Å²) in [4.78, 5) is 48.1. The third-order valence-electron chi connectivity index (χ3n) is 8.45. The van der Waals surface area contributed by atoms with Gasteiger partial charge in [0, 0.05) is 24.9 Å². The van der Waals surface area contributed by atoms with Gasteiger partial charge in [-0.25, -0.2) is 0 Å². The van der Waals surface area contributed by atoms with Gasteiger partial charge in [-0.1, -0.05) is 68.8 Å². The Bertz CT molecular complexity index is 1180. The second kappa shape index (κ2) is 10.4. The maximum absolute atomic E-state index is 14.6. The molecule has 4 aliphatic rings. The molecular weight excluding hydrogens is 522 g/mol. The maximum Gasteiger partial charge on any atom is 0.251 e. The summed E-state index contributed by atoms with van der Waals surface area (Å²) >= 11 is 8.18. The van der Waals surface area contributed by atoms with Crippen LogP contribution in [0.5, 0.6) is 0 Å². The van der Waals surface area contributed by atoms with E-state index in [9.17, 15) is 19.5 Å². The van der Waals surface area contributed by atoms with Crippen LogP contribution in [0.2, 0.25) is 5.02 Å². The lowest BCUT2D eigenvalue weighted by molar-refractivity contribution is -0.145. The molecule has 1 N–H and O–H groups in total. The first-order valence-electron chi connectivity index (χ1n) is 13.5. The van der Waals surface area contributed by atoms with Crippen LogP contribution >= 0.6 is 23.4 Å². The highest BCUT2D eigenvalue weighted by molar-refractivity contribution is 8.02. The van der Waals surface area contributed by atoms with Gasteiger partial charge in [0.1, 0.15) is 6.04 Å². The Balaban J connectivity index is 1.67. The molecule has 6 atom stereocenters. The van der Waals surface area contributed by atoms with Gasteiger partial charge in [-0.05, 0) is 30.9 Å². The van der Waals surface area contributed by atoms with Gasteiger partial charge in [0.15, 0.2) is 0 Å². The second-order valence-corrected chi connectivity index (χ2v) is 12.9. The number of carbonyl (C=O) groups excluding carboxylic acids is 3. The molecule has 204 valence electrons. The number of aliphatic hydroxyl groups is 1. The summed E-state index contributed by atoms with van der Waals surface area (Å²) in [7, 11) is 0. The largest absolute Gasteiger partial charge is 0.394 e. The molecule has 3 amide bonds. The Kier molecular flexibility index (Phi) is 7.44. The first-order chi connectivity index (χ1) is 18.2. The number of fused-ring (bicyclic) bond motifs is 2. The number of hydrogen-bond donors (Lipinski definition) is 1. The van der Waals surface area contributed by atoms with Crippen molar-refractivity contribution in [1.29, 1.82) is 0 Å². The van der Waals surface area contributed by atoms with E-state index in [-0.39, 0.29) is 35.5 Å². The number of amides is 3. The standard InChI is InChI=1S/C29H36ClN3O4S/c1-5-13-31-14-7-11-21-22(26(31)35)23-27(36)33(20(16-34)17(2)3)25-28(37)32(15-8-12-29(23,25)38-21)24-18(4)9-6-10-19(24)30/h6-12,17,20-23,25,34H,5,13-16H2,1-4H3/t20-,21+,22-,23-,25?,29-/m0/s1. The monoisotopic (exact) mass is 557 g/mol. The predicted octanol–water partition coefficient (Wildman–Crippen LogP) is 3.67. The molecule has 1 aromatic rings. The summed E-state index contributed by atoms with van der Waals surface area (Å²) in [5, 5.41) is 10.7. The van der Waals surface area contributed by atoms with E-state index >= 15 is 0 Å². The molecule has 1 spiro atoms. The van der Waals surface area contributed by atoms with Gasteiger partial charge in [-0.15, -0.1) is 11.8 Å². The summed E-state index contributed by atoms with van der Waals surface area (Å²) in [6.07, 6.45) is 8.85. The molecule has 38 heavy (non-hydrogen) atoms. The van der Waals surface area contributed by atoms with Crippen molar-refractivity contribution < 1.29 is 19.5 Å². The molecule has 0 bridgehead atoms. The van der Waals surface area contributed by atoms with E-state index in [4.69, 9.17) is 11.6 Å². The first kappa shape index (κ1) is 27.3. The molecule has 5 rings (SSSR count). The number of anilines is 1. The number of hydrogen-bond acceptors (Lipinski definition) is 5. The van der Waals surface area contributed by atoms with E-state index in [2.05, 4.69) is 6.08 Å². The van der Waals surface area contributed by atoms with Crippen molar-refractivity contribution in [2.75, 3.05) is 31.1 Å². The van der Waals surface area contributed by atoms with Gasteiger partial charge in [-0.2, -0.15) is 0 Å². The van der Waals surface area contributed by atoms with E-state index in [1.165, 1.54) is 0 Å². The SMILES string of the molecule is CCCN1CC=C[C@H]2S[C@]34C=CCN(c5c(C)cccc5Cl)C(=O)C3N([C@@H](CO)C(C)C)C(=O)[C@@H]4[C@H]2C1=O. The Morgan fingerprint density at radius 3 is 2.55 bits per heavy atom. The molecule has 1 aromatic carbocycles. The fraction of sp³-hybridized carbons (Fsp3) is 0.552. The van der Waals surface area contributed by atoms with Crippen LogP contribution < -0.4 is 4.90 Å². The molecule has 0 aromatic heterocycles. The summed E-state index contributed by atoms with van der Waals surface area (Å²) in [5.74, 6) is -1.83. The number of benzene rings is 1. The topological polar surface area (TPSA) is 81.2 Å². The van der Waals surface area contributed by atoms with Gasteiger partial charge in [0.05, 0.1) is 39.9 Å². The highest BCUT2D eigenvalue weighted by Crippen LogP contribution is 2.61. The van der Waals surface area contributed by atoms with Crippen LogP contribution in [0.25, 0.3) is 0 Å². The zero-order valence-corrected chi connectivity index (χ0v) is 23.9. The number of aliphatic hydroxyl groups excluding tert-OH is 1. The van der Waals surface area contributed by atoms with Crippen LogP contribution in [-0.4, -0.2) is 80.9 Å². The molecule has 2 fully saturated rings. The van der Waals surface area contributed by atoms with Crippen LogP contribution in [-0.2, 0) is 14.4 Å². The summed E-state index contributed by atoms with van der Waals surface area (Å²) in [6, 6.07) is 4.11. The van der Waals surface area contributed by atoms with Gasteiger partial charge in [0.2, 0.25) is 11.8 Å². The molecule has 0 radical (unpaired) electrons. The Labute approximate surface area is 233 Å². The summed E-state index contributed by atoms with van der Waals surface area (Å²) in [5.41, 5.74) is 1.49. The van der Waals surface area contributed by atoms with E-state index in [1.807, 2.05) is 63.0 Å². The Morgan fingerprint density at radius 1 is 1.13 bits per heavy atom. The molecule has 2 saturated heterocycles. The average Bonchev–Trinajstić information content (AvgIpc) is 3.19. The molecular formula is C29H36ClN3O4S. The van der Waals surface area contributed by atoms with Crippen molar-refractivity contribution in [3.63, 3.8) is 0 Å². The van der Waals surface area contributed by atoms with E-state index in [1.54, 1.807) is 27.6 Å². The van der Waals surface area contributed by atoms with E-state index in [0.29, 0.717) is 30.3 Å². The van der Waals surface area contributed by atoms with E-state index in [0.717, 1.165) is 12.0 Å². The lowest BCUT2D eigenvalue weighted by atomic mass is 9.78. The fourth-order valence-electron chi connectivity index (χ4n) is 6.74. The number of thioether (sulfide) groups is 1. The normalized spacial score (nSPS) is 31.4. The van der Waals surface area contributed by atoms with Crippen molar-refractivity contribution in [2.45, 2.75) is 56.2 Å². The summed E-state index contributed by atoms with van der Waals surface area (Å²) in [6.45, 7) is 9.04. The van der Waals surface area contributed by atoms with Crippen LogP contribution in [0, 0.1) is 24.7 Å². The van der Waals surface area contributed by atoms with Crippen LogP contribution in [0.4, 0.5) is 5.69 Å². The zero-order chi connectivity index (χ0) is 27.4. The molecule has 4 aliphatic heterocycles. The number of nitrogens with zero attached hydrogens (tertiary/aromatic N) is 3. The summed E-state index contributed by atoms with van der Waals surface area (Å²) < 4.78 is -0.926. The number of para-hydroxylation sites is 1. The molecule has 0 saturated carbocycles. The lowest BCUT2D eigenvalue weighted by Gasteiger charge is -2.40. The highest BCUT2D eigenvalue weighted by atomic mass is 35.5. The zero-order valence-electron chi connectivity index (χ0n) is 22.3. The van der Waals surface area contributed by atoms with Crippen molar-refractivity contribution >= 4 is 46.8 Å². The van der Waals surface area contributed by atoms with Crippen molar-refractivity contribution in [1.82, 2.24) is 9.80 Å². The van der Waals surface area contributed by atoms with Crippen molar-refractivity contribution in [2.24, 2.45) is 17.8 Å². The number of aryl methyl sites for hydroxylation is 1. The molecule has 9 heteroatoms. The van der Waals surface area contributed by atoms with Crippen LogP contribution in [0.3, 0.4) is 0 Å². The average molecular weight is 558 g/mol. The number of halogens is 1. The lowest BCUT2D eigenvalue weighted by Crippen LogP contribution is -2.57. The van der Waals surface area contributed by atoms with Gasteiger partial charge < -0.3 is 19.8 Å². The molecule has 1 unspecified atom stereocenters. The minimum absolute atomic E-state index is 0.0285. The van der Waals surface area contributed by atoms with Crippen molar-refractivity contribution in [3.05, 3.63) is 53.1 Å². The third kappa shape index (κ3) is 4.02. The van der Waals surface area contributed by atoms with Crippen molar-refractivity contribution in [3.8, 4) is 0 Å². The van der Waals surface area contributed by atoms with Crippen LogP contribution in [0.1, 0.15) is 32.8 Å². The fourth-order valence-corrected chi connectivity index (χ4v) is 9.06. The highest BCUT2D eigenvalue weighted by Gasteiger charge is 2.72. The van der Waals surface area contributed by atoms with Gasteiger partial charge in [-0.3, -0.25) is 14.4 Å². The van der Waals surface area contributed by atoms with Gasteiger partial charge >= 0.3 is 0 Å². The molecule has 0 aliphatic carbocycles. The van der Waals surface area contributed by atoms with Crippen LogP contribution in [0.15, 0.2) is 42.5 Å². The second-order valence-electron chi connectivity index (χ2n) is 11.1. The minimum Gasteiger partial charge on any atom is -0.394 e. The van der Waals surface area contributed by atoms with E-state index < -0.39 is 28.7 Å². The third-order valence-corrected chi connectivity index (χ3v) is 10.5. The number of likely N-dealkylation sites (tertiary alicyclic amines) is 1. The predicted molar refractivity (Wildman–Crippen MR) is 151 cm³/mol. The minimum atomic E-state index is -0.926. The molecule has 4 heterocycles. The number of rotatable bonds is 6. The number of carbonyl (C=O) groups is 3.